The zero-order chi connectivity index (χ0) is 13.0. The molecule has 1 N–H and O–H groups in total. The Bertz CT molecular complexity index is 261. The molecule has 0 aromatic carbocycles. The van der Waals surface area contributed by atoms with E-state index < -0.39 is 0 Å². The molecule has 0 aromatic rings. The molecule has 1 saturated heterocycles. The van der Waals surface area contributed by atoms with Gasteiger partial charge in [-0.1, -0.05) is 13.8 Å². The van der Waals surface area contributed by atoms with E-state index in [1.807, 2.05) is 13.8 Å². The quantitative estimate of drug-likeness (QED) is 0.765. The smallest absolute Gasteiger partial charge is 0.185 e. The highest BCUT2D eigenvalue weighted by atomic mass is 16.3. The molecular formula is C14H28N2O. The summed E-state index contributed by atoms with van der Waals surface area (Å²) in [6, 6.07) is 0.679. The van der Waals surface area contributed by atoms with Crippen molar-refractivity contribution in [1.29, 1.82) is 0 Å². The third kappa shape index (κ3) is 4.23. The first-order valence-corrected chi connectivity index (χ1v) is 6.73. The zero-order valence-corrected chi connectivity index (χ0v) is 12.0. The van der Waals surface area contributed by atoms with Gasteiger partial charge in [0, 0.05) is 25.7 Å². The minimum absolute atomic E-state index is 0.481. The standard InChI is InChI=1S/C14H28N2O/c1-11(2)10-15(5)13-6-8-16(9-7-13)14(17)12(3)4/h11,13,17H,6-10H2,1-5H3. The maximum Gasteiger partial charge on any atom is 0.185 e. The van der Waals surface area contributed by atoms with Crippen LogP contribution in [0.2, 0.25) is 0 Å². The molecule has 3 nitrogen and oxygen atoms in total. The van der Waals surface area contributed by atoms with Crippen LogP contribution in [0, 0.1) is 5.92 Å². The number of hydrogen-bond donors (Lipinski definition) is 1. The van der Waals surface area contributed by atoms with Gasteiger partial charge in [0.2, 0.25) is 0 Å². The minimum Gasteiger partial charge on any atom is -0.495 e. The van der Waals surface area contributed by atoms with Gasteiger partial charge in [-0.3, -0.25) is 0 Å². The topological polar surface area (TPSA) is 26.7 Å². The lowest BCUT2D eigenvalue weighted by Gasteiger charge is -2.38. The van der Waals surface area contributed by atoms with E-state index in [9.17, 15) is 5.11 Å². The fourth-order valence-corrected chi connectivity index (χ4v) is 2.56. The lowest BCUT2D eigenvalue weighted by molar-refractivity contribution is 0.103. The van der Waals surface area contributed by atoms with Gasteiger partial charge in [-0.05, 0) is 45.2 Å². The highest BCUT2D eigenvalue weighted by Gasteiger charge is 2.23. The van der Waals surface area contributed by atoms with Gasteiger partial charge in [-0.15, -0.1) is 0 Å². The third-order valence-electron chi connectivity index (χ3n) is 3.49. The Morgan fingerprint density at radius 2 is 1.82 bits per heavy atom. The van der Waals surface area contributed by atoms with Crippen LogP contribution < -0.4 is 0 Å². The molecule has 0 saturated carbocycles. The molecule has 1 rings (SSSR count). The highest BCUT2D eigenvalue weighted by Crippen LogP contribution is 2.19. The maximum absolute atomic E-state index is 9.91. The number of rotatable bonds is 4. The summed E-state index contributed by atoms with van der Waals surface area (Å²) in [5.74, 6) is 1.21. The van der Waals surface area contributed by atoms with Crippen molar-refractivity contribution < 1.29 is 5.11 Å². The summed E-state index contributed by atoms with van der Waals surface area (Å²) in [5, 5.41) is 9.91. The van der Waals surface area contributed by atoms with Gasteiger partial charge in [0.05, 0.1) is 0 Å². The fourth-order valence-electron chi connectivity index (χ4n) is 2.56. The maximum atomic E-state index is 9.91. The summed E-state index contributed by atoms with van der Waals surface area (Å²) >= 11 is 0. The zero-order valence-electron chi connectivity index (χ0n) is 12.0. The average molecular weight is 240 g/mol. The summed E-state index contributed by atoms with van der Waals surface area (Å²) in [6.45, 7) is 11.6. The van der Waals surface area contributed by atoms with Crippen molar-refractivity contribution in [2.24, 2.45) is 5.92 Å². The second-order valence-corrected chi connectivity index (χ2v) is 5.88. The van der Waals surface area contributed by atoms with Crippen molar-refractivity contribution in [3.63, 3.8) is 0 Å². The van der Waals surface area contributed by atoms with Crippen molar-refractivity contribution in [3.8, 4) is 0 Å². The Hall–Kier alpha value is -0.700. The monoisotopic (exact) mass is 240 g/mol. The number of aliphatic hydroxyl groups is 1. The predicted molar refractivity (Wildman–Crippen MR) is 73.1 cm³/mol. The second kappa shape index (κ2) is 6.29. The molecule has 100 valence electrons. The van der Waals surface area contributed by atoms with E-state index in [1.165, 1.54) is 6.54 Å². The van der Waals surface area contributed by atoms with Gasteiger partial charge in [0.1, 0.15) is 0 Å². The fraction of sp³-hybridized carbons (Fsp3) is 0.857. The molecule has 1 aliphatic heterocycles. The van der Waals surface area contributed by atoms with Crippen molar-refractivity contribution >= 4 is 0 Å². The summed E-state index contributed by atoms with van der Waals surface area (Å²) in [4.78, 5) is 4.58. The molecule has 3 heteroatoms. The van der Waals surface area contributed by atoms with Crippen LogP contribution in [0.4, 0.5) is 0 Å². The summed E-state index contributed by atoms with van der Waals surface area (Å²) in [7, 11) is 2.22. The van der Waals surface area contributed by atoms with E-state index in [1.54, 1.807) is 0 Å². The lowest BCUT2D eigenvalue weighted by Crippen LogP contribution is -2.44. The van der Waals surface area contributed by atoms with Gasteiger partial charge in [0.15, 0.2) is 5.88 Å². The number of aliphatic hydroxyl groups excluding tert-OH is 1. The van der Waals surface area contributed by atoms with E-state index in [4.69, 9.17) is 0 Å². The van der Waals surface area contributed by atoms with E-state index >= 15 is 0 Å². The van der Waals surface area contributed by atoms with Crippen LogP contribution in [0.3, 0.4) is 0 Å². The Balaban J connectivity index is 2.43. The number of allylic oxidation sites excluding steroid dienone is 1. The molecule has 0 atom stereocenters. The van der Waals surface area contributed by atoms with Crippen LogP contribution in [0.1, 0.15) is 40.5 Å². The number of piperidine rings is 1. The normalized spacial score (nSPS) is 17.9. The lowest BCUT2D eigenvalue weighted by atomic mass is 10.0. The molecule has 0 spiro atoms. The Kier molecular flexibility index (Phi) is 5.31. The first-order chi connectivity index (χ1) is 7.91. The van der Waals surface area contributed by atoms with E-state index in [0.717, 1.165) is 37.4 Å². The minimum atomic E-state index is 0.481. The Labute approximate surface area is 106 Å². The van der Waals surface area contributed by atoms with Crippen LogP contribution in [-0.2, 0) is 0 Å². The molecule has 0 aromatic heterocycles. The second-order valence-electron chi connectivity index (χ2n) is 5.88. The van der Waals surface area contributed by atoms with E-state index in [0.29, 0.717) is 11.9 Å². The molecule has 1 aliphatic rings. The van der Waals surface area contributed by atoms with E-state index in [2.05, 4.69) is 30.7 Å². The van der Waals surface area contributed by atoms with Crippen molar-refractivity contribution in [1.82, 2.24) is 9.80 Å². The molecule has 0 bridgehead atoms. The highest BCUT2D eigenvalue weighted by molar-refractivity contribution is 5.01. The molecule has 0 radical (unpaired) electrons. The number of nitrogens with zero attached hydrogens (tertiary/aromatic N) is 2. The summed E-state index contributed by atoms with van der Waals surface area (Å²) in [5.41, 5.74) is 1.01. The Morgan fingerprint density at radius 3 is 2.24 bits per heavy atom. The third-order valence-corrected chi connectivity index (χ3v) is 3.49. The Morgan fingerprint density at radius 1 is 1.29 bits per heavy atom. The largest absolute Gasteiger partial charge is 0.495 e. The molecule has 0 amide bonds. The summed E-state index contributed by atoms with van der Waals surface area (Å²) < 4.78 is 0. The van der Waals surface area contributed by atoms with Gasteiger partial charge >= 0.3 is 0 Å². The van der Waals surface area contributed by atoms with Crippen molar-refractivity contribution in [3.05, 3.63) is 11.5 Å². The van der Waals surface area contributed by atoms with Crippen molar-refractivity contribution in [2.75, 3.05) is 26.7 Å². The average Bonchev–Trinajstić information content (AvgIpc) is 2.27. The van der Waals surface area contributed by atoms with Crippen LogP contribution in [-0.4, -0.2) is 47.6 Å². The van der Waals surface area contributed by atoms with Gasteiger partial charge in [0.25, 0.3) is 0 Å². The van der Waals surface area contributed by atoms with Gasteiger partial charge in [-0.25, -0.2) is 0 Å². The molecule has 1 fully saturated rings. The van der Waals surface area contributed by atoms with Crippen LogP contribution >= 0.6 is 0 Å². The molecule has 0 aliphatic carbocycles. The van der Waals surface area contributed by atoms with Gasteiger partial charge < -0.3 is 14.9 Å². The molecular weight excluding hydrogens is 212 g/mol. The van der Waals surface area contributed by atoms with E-state index in [-0.39, 0.29) is 0 Å². The molecule has 17 heavy (non-hydrogen) atoms. The molecule has 0 unspecified atom stereocenters. The SMILES string of the molecule is CC(C)=C(O)N1CCC(N(C)CC(C)C)CC1. The van der Waals surface area contributed by atoms with Crippen LogP contribution in [0.25, 0.3) is 0 Å². The van der Waals surface area contributed by atoms with Crippen LogP contribution in [0.15, 0.2) is 11.5 Å². The van der Waals surface area contributed by atoms with Crippen molar-refractivity contribution in [2.45, 2.75) is 46.6 Å². The van der Waals surface area contributed by atoms with Gasteiger partial charge in [-0.2, -0.15) is 0 Å². The first kappa shape index (κ1) is 14.4. The number of likely N-dealkylation sites (tertiary alicyclic amines) is 1. The summed E-state index contributed by atoms with van der Waals surface area (Å²) in [6.07, 6.45) is 2.31. The number of hydrogen-bond acceptors (Lipinski definition) is 3. The molecule has 1 heterocycles. The van der Waals surface area contributed by atoms with Crippen LogP contribution in [0.5, 0.6) is 0 Å². The predicted octanol–water partition coefficient (Wildman–Crippen LogP) is 2.85. The first-order valence-electron chi connectivity index (χ1n) is 6.73.